The van der Waals surface area contributed by atoms with E-state index in [9.17, 15) is 18.0 Å². The van der Waals surface area contributed by atoms with Gasteiger partial charge in [0.2, 0.25) is 0 Å². The molecule has 3 rings (SSSR count). The molecule has 0 aliphatic carbocycles. The van der Waals surface area contributed by atoms with Crippen molar-refractivity contribution >= 4 is 44.3 Å². The zero-order valence-electron chi connectivity index (χ0n) is 17.8. The molecule has 2 amide bonds. The third kappa shape index (κ3) is 5.89. The molecule has 0 aliphatic rings. The standard InChI is InChI=1S/C23H23N3O4S2/c1-16-8-12-18(13-9-16)25-32(29,30)19-14-10-17(11-15-19)22(27)24-20-6-4-5-7-21(20)31-23(28)26(2)3/h4-15,25H,1-3H3,(H,24,27). The van der Waals surface area contributed by atoms with E-state index in [-0.39, 0.29) is 15.7 Å². The number of anilines is 2. The lowest BCUT2D eigenvalue weighted by Gasteiger charge is -2.13. The van der Waals surface area contributed by atoms with E-state index >= 15 is 0 Å². The number of nitrogens with zero attached hydrogens (tertiary/aromatic N) is 1. The molecule has 0 fully saturated rings. The highest BCUT2D eigenvalue weighted by molar-refractivity contribution is 8.13. The summed E-state index contributed by atoms with van der Waals surface area (Å²) in [7, 11) is -0.478. The van der Waals surface area contributed by atoms with Crippen LogP contribution in [0, 0.1) is 6.92 Å². The lowest BCUT2D eigenvalue weighted by Crippen LogP contribution is -2.17. The minimum absolute atomic E-state index is 0.0437. The average Bonchev–Trinajstić information content (AvgIpc) is 2.76. The van der Waals surface area contributed by atoms with Gasteiger partial charge in [-0.25, -0.2) is 8.42 Å². The lowest BCUT2D eigenvalue weighted by atomic mass is 10.2. The topological polar surface area (TPSA) is 95.6 Å². The van der Waals surface area contributed by atoms with Crippen LogP contribution in [0.1, 0.15) is 15.9 Å². The molecule has 3 aromatic carbocycles. The van der Waals surface area contributed by atoms with Crippen LogP contribution < -0.4 is 10.0 Å². The smallest absolute Gasteiger partial charge is 0.286 e. The van der Waals surface area contributed by atoms with Crippen molar-refractivity contribution in [2.24, 2.45) is 0 Å². The van der Waals surface area contributed by atoms with Crippen LogP contribution in [0.3, 0.4) is 0 Å². The first-order valence-corrected chi connectivity index (χ1v) is 11.9. The third-order valence-electron chi connectivity index (χ3n) is 4.43. The Kier molecular flexibility index (Phi) is 7.22. The van der Waals surface area contributed by atoms with Gasteiger partial charge in [-0.1, -0.05) is 29.8 Å². The molecule has 0 spiro atoms. The zero-order valence-corrected chi connectivity index (χ0v) is 19.5. The largest absolute Gasteiger partial charge is 0.339 e. The molecule has 0 aliphatic heterocycles. The number of hydrogen-bond acceptors (Lipinski definition) is 5. The normalized spacial score (nSPS) is 11.0. The molecular formula is C23H23N3O4S2. The molecular weight excluding hydrogens is 446 g/mol. The number of rotatable bonds is 6. The van der Waals surface area contributed by atoms with Gasteiger partial charge in [0.1, 0.15) is 0 Å². The van der Waals surface area contributed by atoms with Crippen molar-refractivity contribution in [3.05, 3.63) is 83.9 Å². The van der Waals surface area contributed by atoms with Crippen molar-refractivity contribution in [3.63, 3.8) is 0 Å². The Balaban J connectivity index is 1.73. The number of sulfonamides is 1. The van der Waals surface area contributed by atoms with E-state index in [1.165, 1.54) is 29.2 Å². The van der Waals surface area contributed by atoms with Gasteiger partial charge in [-0.3, -0.25) is 14.3 Å². The summed E-state index contributed by atoms with van der Waals surface area (Å²) in [6.45, 7) is 1.92. The van der Waals surface area contributed by atoms with Crippen LogP contribution >= 0.6 is 11.8 Å². The molecule has 2 N–H and O–H groups in total. The first-order valence-electron chi connectivity index (χ1n) is 9.65. The van der Waals surface area contributed by atoms with Gasteiger partial charge in [0, 0.05) is 30.2 Å². The van der Waals surface area contributed by atoms with Crippen LogP contribution in [0.4, 0.5) is 16.2 Å². The molecule has 166 valence electrons. The van der Waals surface area contributed by atoms with Crippen LogP contribution in [0.15, 0.2) is 82.6 Å². The van der Waals surface area contributed by atoms with Crippen molar-refractivity contribution in [2.45, 2.75) is 16.7 Å². The minimum atomic E-state index is -3.78. The van der Waals surface area contributed by atoms with Crippen LogP contribution in [-0.2, 0) is 10.0 Å². The maximum absolute atomic E-state index is 12.7. The molecule has 32 heavy (non-hydrogen) atoms. The highest BCUT2D eigenvalue weighted by atomic mass is 32.2. The highest BCUT2D eigenvalue weighted by Crippen LogP contribution is 2.29. The van der Waals surface area contributed by atoms with E-state index in [1.54, 1.807) is 50.5 Å². The summed E-state index contributed by atoms with van der Waals surface area (Å²) in [6, 6.07) is 19.6. The summed E-state index contributed by atoms with van der Waals surface area (Å²) in [5.41, 5.74) is 2.27. The Morgan fingerprint density at radius 2 is 1.50 bits per heavy atom. The van der Waals surface area contributed by atoms with Crippen LogP contribution in [-0.4, -0.2) is 38.6 Å². The van der Waals surface area contributed by atoms with Gasteiger partial charge in [0.05, 0.1) is 10.6 Å². The number of para-hydroxylation sites is 1. The van der Waals surface area contributed by atoms with Crippen LogP contribution in [0.2, 0.25) is 0 Å². The molecule has 0 radical (unpaired) electrons. The summed E-state index contributed by atoms with van der Waals surface area (Å²) in [6.07, 6.45) is 0. The Hall–Kier alpha value is -3.30. The van der Waals surface area contributed by atoms with Crippen molar-refractivity contribution in [3.8, 4) is 0 Å². The first kappa shape index (κ1) is 23.4. The number of carbonyl (C=O) groups excluding carboxylic acids is 2. The molecule has 3 aromatic rings. The van der Waals surface area contributed by atoms with E-state index in [4.69, 9.17) is 0 Å². The second kappa shape index (κ2) is 9.88. The molecule has 9 heteroatoms. The molecule has 0 aromatic heterocycles. The number of aryl methyl sites for hydroxylation is 1. The molecule has 0 atom stereocenters. The summed E-state index contributed by atoms with van der Waals surface area (Å²) in [5, 5.41) is 2.61. The molecule has 0 saturated heterocycles. The van der Waals surface area contributed by atoms with Crippen LogP contribution in [0.5, 0.6) is 0 Å². The van der Waals surface area contributed by atoms with Crippen molar-refractivity contribution in [1.82, 2.24) is 4.90 Å². The Morgan fingerprint density at radius 3 is 2.12 bits per heavy atom. The number of thioether (sulfide) groups is 1. The fourth-order valence-corrected chi connectivity index (χ4v) is 4.46. The average molecular weight is 470 g/mol. The summed E-state index contributed by atoms with van der Waals surface area (Å²) in [4.78, 5) is 26.8. The summed E-state index contributed by atoms with van der Waals surface area (Å²) >= 11 is 1.01. The minimum Gasteiger partial charge on any atom is -0.339 e. The first-order chi connectivity index (χ1) is 15.2. The van der Waals surface area contributed by atoms with Crippen molar-refractivity contribution < 1.29 is 18.0 Å². The van der Waals surface area contributed by atoms with E-state index in [0.717, 1.165) is 17.3 Å². The Bertz CT molecular complexity index is 1220. The van der Waals surface area contributed by atoms with Gasteiger partial charge in [-0.05, 0) is 67.2 Å². The predicted molar refractivity (Wildman–Crippen MR) is 128 cm³/mol. The fraction of sp³-hybridized carbons (Fsp3) is 0.130. The number of nitrogens with one attached hydrogen (secondary N) is 2. The molecule has 0 saturated carbocycles. The number of amides is 2. The monoisotopic (exact) mass is 469 g/mol. The van der Waals surface area contributed by atoms with Crippen LogP contribution in [0.25, 0.3) is 0 Å². The van der Waals surface area contributed by atoms with Gasteiger partial charge in [-0.2, -0.15) is 0 Å². The van der Waals surface area contributed by atoms with Gasteiger partial charge < -0.3 is 10.2 Å². The summed E-state index contributed by atoms with van der Waals surface area (Å²) in [5.74, 6) is -0.411. The SMILES string of the molecule is Cc1ccc(NS(=O)(=O)c2ccc(C(=O)Nc3ccccc3SC(=O)N(C)C)cc2)cc1. The molecule has 0 heterocycles. The van der Waals surface area contributed by atoms with E-state index in [0.29, 0.717) is 16.3 Å². The number of carbonyl (C=O) groups is 2. The second-order valence-electron chi connectivity index (χ2n) is 7.21. The van der Waals surface area contributed by atoms with E-state index in [2.05, 4.69) is 10.0 Å². The Labute approximate surface area is 191 Å². The lowest BCUT2D eigenvalue weighted by molar-refractivity contribution is 0.102. The second-order valence-corrected chi connectivity index (χ2v) is 9.88. The Morgan fingerprint density at radius 1 is 0.875 bits per heavy atom. The van der Waals surface area contributed by atoms with Gasteiger partial charge >= 0.3 is 0 Å². The van der Waals surface area contributed by atoms with E-state index < -0.39 is 15.9 Å². The predicted octanol–water partition coefficient (Wildman–Crippen LogP) is 4.82. The maximum atomic E-state index is 12.7. The number of benzene rings is 3. The van der Waals surface area contributed by atoms with Gasteiger partial charge in [0.15, 0.2) is 0 Å². The molecule has 0 bridgehead atoms. The third-order valence-corrected chi connectivity index (χ3v) is 6.94. The highest BCUT2D eigenvalue weighted by Gasteiger charge is 2.17. The van der Waals surface area contributed by atoms with Gasteiger partial charge in [0.25, 0.3) is 21.2 Å². The maximum Gasteiger partial charge on any atom is 0.286 e. The molecule has 7 nitrogen and oxygen atoms in total. The van der Waals surface area contributed by atoms with E-state index in [1.807, 2.05) is 19.1 Å². The van der Waals surface area contributed by atoms with Gasteiger partial charge in [-0.15, -0.1) is 0 Å². The fourth-order valence-electron chi connectivity index (χ4n) is 2.66. The summed E-state index contributed by atoms with van der Waals surface area (Å²) < 4.78 is 27.7. The molecule has 0 unspecified atom stereocenters. The van der Waals surface area contributed by atoms with Crippen molar-refractivity contribution in [1.29, 1.82) is 0 Å². The quantitative estimate of drug-likeness (QED) is 0.505. The zero-order chi connectivity index (χ0) is 23.3. The van der Waals surface area contributed by atoms with Crippen molar-refractivity contribution in [2.75, 3.05) is 24.1 Å². The number of hydrogen-bond donors (Lipinski definition) is 2.